The van der Waals surface area contributed by atoms with E-state index in [1.807, 2.05) is 0 Å². The fourth-order valence-corrected chi connectivity index (χ4v) is 3.08. The van der Waals surface area contributed by atoms with Gasteiger partial charge >= 0.3 is 6.18 Å². The third-order valence-corrected chi connectivity index (χ3v) is 4.65. The highest BCUT2D eigenvalue weighted by atomic mass is 32.2. The Morgan fingerprint density at radius 3 is 2.39 bits per heavy atom. The summed E-state index contributed by atoms with van der Waals surface area (Å²) in [5, 5.41) is 2.87. The summed E-state index contributed by atoms with van der Waals surface area (Å²) in [5.41, 5.74) is 0.490. The van der Waals surface area contributed by atoms with E-state index < -0.39 is 34.5 Å². The lowest BCUT2D eigenvalue weighted by molar-refractivity contribution is -0.163. The maximum atomic E-state index is 12.5. The van der Waals surface area contributed by atoms with Gasteiger partial charge in [0.05, 0.1) is 4.90 Å². The Kier molecular flexibility index (Phi) is 4.88. The van der Waals surface area contributed by atoms with Crippen molar-refractivity contribution < 1.29 is 26.4 Å². The number of piperidine rings is 1. The van der Waals surface area contributed by atoms with Crippen molar-refractivity contribution in [2.45, 2.75) is 30.0 Å². The molecule has 5 nitrogen and oxygen atoms in total. The van der Waals surface area contributed by atoms with Crippen LogP contribution in [0.25, 0.3) is 0 Å². The minimum absolute atomic E-state index is 0.0868. The average molecular weight is 350 g/mol. The molecule has 1 unspecified atom stereocenters. The topological polar surface area (TPSA) is 66.5 Å². The van der Waals surface area contributed by atoms with Crippen LogP contribution in [-0.2, 0) is 14.6 Å². The SMILES string of the molecule is CS(=O)(=O)c1ccc(NC2CCCN(CC(F)(F)F)C2=O)cc1. The van der Waals surface area contributed by atoms with Crippen molar-refractivity contribution in [3.63, 3.8) is 0 Å². The van der Waals surface area contributed by atoms with Gasteiger partial charge in [-0.25, -0.2) is 8.42 Å². The summed E-state index contributed by atoms with van der Waals surface area (Å²) in [7, 11) is -3.32. The van der Waals surface area contributed by atoms with Crippen LogP contribution in [0, 0.1) is 0 Å². The number of nitrogens with one attached hydrogen (secondary N) is 1. The molecule has 1 aliphatic rings. The van der Waals surface area contributed by atoms with Gasteiger partial charge in [0.15, 0.2) is 9.84 Å². The number of carbonyl (C=O) groups is 1. The van der Waals surface area contributed by atoms with Crippen molar-refractivity contribution in [3.8, 4) is 0 Å². The van der Waals surface area contributed by atoms with Crippen LogP contribution in [0.3, 0.4) is 0 Å². The Hall–Kier alpha value is -1.77. The number of alkyl halides is 3. The number of benzene rings is 1. The first-order valence-corrected chi connectivity index (χ1v) is 8.87. The molecule has 2 rings (SSSR count). The minimum atomic E-state index is -4.42. The van der Waals surface area contributed by atoms with Crippen LogP contribution < -0.4 is 5.32 Å². The Labute approximate surface area is 132 Å². The molecule has 1 aromatic rings. The summed E-state index contributed by atoms with van der Waals surface area (Å²) in [6.45, 7) is -1.17. The van der Waals surface area contributed by atoms with Crippen LogP contribution in [0.4, 0.5) is 18.9 Å². The van der Waals surface area contributed by atoms with E-state index in [0.29, 0.717) is 18.5 Å². The maximum absolute atomic E-state index is 12.5. The zero-order chi connectivity index (χ0) is 17.3. The van der Waals surface area contributed by atoms with Gasteiger partial charge in [-0.1, -0.05) is 0 Å². The van der Waals surface area contributed by atoms with Crippen molar-refractivity contribution in [3.05, 3.63) is 24.3 Å². The van der Waals surface area contributed by atoms with Crippen LogP contribution in [0.5, 0.6) is 0 Å². The monoisotopic (exact) mass is 350 g/mol. The van der Waals surface area contributed by atoms with Gasteiger partial charge in [-0.3, -0.25) is 4.79 Å². The molecule has 23 heavy (non-hydrogen) atoms. The van der Waals surface area contributed by atoms with Gasteiger partial charge in [-0.2, -0.15) is 13.2 Å². The third kappa shape index (κ3) is 4.85. The van der Waals surface area contributed by atoms with Crippen molar-refractivity contribution in [1.82, 2.24) is 4.90 Å². The van der Waals surface area contributed by atoms with E-state index in [4.69, 9.17) is 0 Å². The number of carbonyl (C=O) groups excluding carboxylic acids is 1. The summed E-state index contributed by atoms with van der Waals surface area (Å²) >= 11 is 0. The molecule has 0 aromatic heterocycles. The van der Waals surface area contributed by atoms with Gasteiger partial charge in [0.25, 0.3) is 0 Å². The van der Waals surface area contributed by atoms with Crippen LogP contribution >= 0.6 is 0 Å². The second kappa shape index (κ2) is 6.38. The molecule has 0 saturated carbocycles. The van der Waals surface area contributed by atoms with Gasteiger partial charge in [0, 0.05) is 18.5 Å². The van der Waals surface area contributed by atoms with Crippen molar-refractivity contribution in [1.29, 1.82) is 0 Å². The molecular formula is C14H17F3N2O3S. The summed E-state index contributed by atoms with van der Waals surface area (Å²) in [4.78, 5) is 13.0. The van der Waals surface area contributed by atoms with Crippen molar-refractivity contribution >= 4 is 21.4 Å². The number of sulfone groups is 1. The third-order valence-electron chi connectivity index (χ3n) is 3.52. The summed E-state index contributed by atoms with van der Waals surface area (Å²) < 4.78 is 60.1. The zero-order valence-electron chi connectivity index (χ0n) is 12.4. The molecule has 1 amide bonds. The van der Waals surface area contributed by atoms with E-state index in [2.05, 4.69) is 5.32 Å². The van der Waals surface area contributed by atoms with E-state index in [1.54, 1.807) is 0 Å². The second-order valence-electron chi connectivity index (χ2n) is 5.51. The maximum Gasteiger partial charge on any atom is 0.406 e. The largest absolute Gasteiger partial charge is 0.406 e. The molecular weight excluding hydrogens is 333 g/mol. The van der Waals surface area contributed by atoms with Crippen LogP contribution in [0.15, 0.2) is 29.2 Å². The fraction of sp³-hybridized carbons (Fsp3) is 0.500. The van der Waals surface area contributed by atoms with E-state index in [9.17, 15) is 26.4 Å². The number of hydrogen-bond acceptors (Lipinski definition) is 4. The second-order valence-corrected chi connectivity index (χ2v) is 7.53. The van der Waals surface area contributed by atoms with E-state index in [1.165, 1.54) is 24.3 Å². The first-order valence-electron chi connectivity index (χ1n) is 6.98. The number of likely N-dealkylation sites (tertiary alicyclic amines) is 1. The van der Waals surface area contributed by atoms with E-state index >= 15 is 0 Å². The lowest BCUT2D eigenvalue weighted by atomic mass is 10.0. The van der Waals surface area contributed by atoms with Crippen molar-refractivity contribution in [2.75, 3.05) is 24.7 Å². The molecule has 1 fully saturated rings. The fourth-order valence-electron chi connectivity index (χ4n) is 2.45. The van der Waals surface area contributed by atoms with Crippen LogP contribution in [0.1, 0.15) is 12.8 Å². The lowest BCUT2D eigenvalue weighted by Gasteiger charge is -2.33. The molecule has 0 bridgehead atoms. The molecule has 1 heterocycles. The molecule has 1 aromatic carbocycles. The standard InChI is InChI=1S/C14H17F3N2O3S/c1-23(21,22)11-6-4-10(5-7-11)18-12-3-2-8-19(13(12)20)9-14(15,16)17/h4-7,12,18H,2-3,8-9H2,1H3. The minimum Gasteiger partial charge on any atom is -0.374 e. The first-order chi connectivity index (χ1) is 10.6. The normalized spacial score (nSPS) is 19.7. The molecule has 0 aliphatic carbocycles. The van der Waals surface area contributed by atoms with Gasteiger partial charge in [0.2, 0.25) is 5.91 Å². The smallest absolute Gasteiger partial charge is 0.374 e. The molecule has 0 radical (unpaired) electrons. The summed E-state index contributed by atoms with van der Waals surface area (Å²) in [6.07, 6.45) is -2.44. The molecule has 128 valence electrons. The number of rotatable bonds is 4. The Bertz CT molecular complexity index is 672. The lowest BCUT2D eigenvalue weighted by Crippen LogP contribution is -2.50. The molecule has 1 saturated heterocycles. The van der Waals surface area contributed by atoms with Gasteiger partial charge in [0.1, 0.15) is 12.6 Å². The van der Waals surface area contributed by atoms with Gasteiger partial charge in [-0.05, 0) is 37.1 Å². The average Bonchev–Trinajstić information content (AvgIpc) is 2.41. The van der Waals surface area contributed by atoms with Crippen LogP contribution in [-0.4, -0.2) is 50.8 Å². The van der Waals surface area contributed by atoms with Crippen molar-refractivity contribution in [2.24, 2.45) is 0 Å². The molecule has 9 heteroatoms. The number of amides is 1. The Balaban J connectivity index is 2.06. The predicted molar refractivity (Wildman–Crippen MR) is 78.8 cm³/mol. The highest BCUT2D eigenvalue weighted by Gasteiger charge is 2.37. The van der Waals surface area contributed by atoms with E-state index in [0.717, 1.165) is 11.2 Å². The molecule has 1 N–H and O–H groups in total. The Morgan fingerprint density at radius 2 is 1.87 bits per heavy atom. The van der Waals surface area contributed by atoms with Gasteiger partial charge < -0.3 is 10.2 Å². The first kappa shape index (κ1) is 17.6. The van der Waals surface area contributed by atoms with Crippen LogP contribution in [0.2, 0.25) is 0 Å². The number of anilines is 1. The summed E-state index contributed by atoms with van der Waals surface area (Å²) in [6, 6.07) is 5.02. The number of nitrogens with zero attached hydrogens (tertiary/aromatic N) is 1. The molecule has 1 aliphatic heterocycles. The quantitative estimate of drug-likeness (QED) is 0.903. The Morgan fingerprint density at radius 1 is 1.26 bits per heavy atom. The number of hydrogen-bond donors (Lipinski definition) is 1. The molecule has 1 atom stereocenters. The van der Waals surface area contributed by atoms with Gasteiger partial charge in [-0.15, -0.1) is 0 Å². The number of halogens is 3. The highest BCUT2D eigenvalue weighted by Crippen LogP contribution is 2.23. The highest BCUT2D eigenvalue weighted by molar-refractivity contribution is 7.90. The molecule has 0 spiro atoms. The zero-order valence-corrected chi connectivity index (χ0v) is 13.2. The predicted octanol–water partition coefficient (Wildman–Crippen LogP) is 2.06. The van der Waals surface area contributed by atoms with E-state index in [-0.39, 0.29) is 11.4 Å². The summed E-state index contributed by atoms with van der Waals surface area (Å²) in [5.74, 6) is -0.597.